The van der Waals surface area contributed by atoms with E-state index in [1.165, 1.54) is 44.5 Å². The van der Waals surface area contributed by atoms with Crippen molar-refractivity contribution >= 4 is 17.3 Å². The van der Waals surface area contributed by atoms with Crippen molar-refractivity contribution in [3.63, 3.8) is 0 Å². The Labute approximate surface area is 159 Å². The van der Waals surface area contributed by atoms with Crippen LogP contribution in [0.1, 0.15) is 60.6 Å². The Hall–Kier alpha value is -2.41. The highest BCUT2D eigenvalue weighted by Gasteiger charge is 2.28. The molecule has 0 spiro atoms. The van der Waals surface area contributed by atoms with Gasteiger partial charge in [0.2, 0.25) is 0 Å². The van der Waals surface area contributed by atoms with E-state index in [4.69, 9.17) is 0 Å². The molecule has 2 aromatic heterocycles. The van der Waals surface area contributed by atoms with Crippen LogP contribution in [0.25, 0.3) is 0 Å². The number of pyridine rings is 1. The maximum atomic E-state index is 11.4. The van der Waals surface area contributed by atoms with E-state index in [0.717, 1.165) is 36.8 Å². The molecule has 0 bridgehead atoms. The number of aromatic nitrogens is 3. The van der Waals surface area contributed by atoms with Crippen molar-refractivity contribution in [2.24, 2.45) is 0 Å². The van der Waals surface area contributed by atoms with Crippen LogP contribution in [0.4, 0.5) is 11.4 Å². The average Bonchev–Trinajstić information content (AvgIpc) is 2.82. The fourth-order valence-corrected chi connectivity index (χ4v) is 4.20. The van der Waals surface area contributed by atoms with Crippen LogP contribution in [-0.4, -0.2) is 49.9 Å². The van der Waals surface area contributed by atoms with Crippen molar-refractivity contribution < 1.29 is 9.90 Å². The number of hydrogen-bond donors (Lipinski definition) is 2. The van der Waals surface area contributed by atoms with Crippen molar-refractivity contribution in [2.45, 2.75) is 57.5 Å². The molecule has 27 heavy (non-hydrogen) atoms. The van der Waals surface area contributed by atoms with Crippen molar-refractivity contribution in [2.75, 3.05) is 18.4 Å². The Morgan fingerprint density at radius 3 is 2.67 bits per heavy atom. The molecule has 0 aromatic carbocycles. The van der Waals surface area contributed by atoms with Gasteiger partial charge < -0.3 is 15.3 Å². The van der Waals surface area contributed by atoms with Gasteiger partial charge in [-0.05, 0) is 51.6 Å². The minimum atomic E-state index is -0.968. The molecule has 2 N–H and O–H groups in total. The van der Waals surface area contributed by atoms with Gasteiger partial charge in [-0.3, -0.25) is 9.67 Å². The van der Waals surface area contributed by atoms with Gasteiger partial charge in [0, 0.05) is 18.8 Å². The lowest BCUT2D eigenvalue weighted by atomic mass is 9.91. The minimum Gasteiger partial charge on any atom is -0.478 e. The molecule has 2 aliphatic rings. The largest absolute Gasteiger partial charge is 0.478 e. The first kappa shape index (κ1) is 18.0. The zero-order chi connectivity index (χ0) is 18.8. The molecular formula is C20H27N5O2. The third-order valence-electron chi connectivity index (χ3n) is 6.03. The summed E-state index contributed by atoms with van der Waals surface area (Å²) in [7, 11) is 0. The van der Waals surface area contributed by atoms with Crippen LogP contribution in [-0.2, 0) is 0 Å². The van der Waals surface area contributed by atoms with Crippen molar-refractivity contribution in [3.05, 3.63) is 35.9 Å². The van der Waals surface area contributed by atoms with E-state index >= 15 is 0 Å². The van der Waals surface area contributed by atoms with Gasteiger partial charge >= 0.3 is 5.97 Å². The highest BCUT2D eigenvalue weighted by atomic mass is 16.4. The molecule has 0 radical (unpaired) electrons. The summed E-state index contributed by atoms with van der Waals surface area (Å²) < 4.78 is 2.11. The van der Waals surface area contributed by atoms with Crippen LogP contribution in [0.5, 0.6) is 0 Å². The Kier molecular flexibility index (Phi) is 5.11. The number of aromatic carboxylic acids is 1. The van der Waals surface area contributed by atoms with Crippen LogP contribution in [0.15, 0.2) is 24.7 Å². The molecule has 1 saturated heterocycles. The fraction of sp³-hybridized carbons (Fsp3) is 0.550. The zero-order valence-electron chi connectivity index (χ0n) is 15.8. The molecule has 2 fully saturated rings. The van der Waals surface area contributed by atoms with E-state index in [9.17, 15) is 9.90 Å². The zero-order valence-corrected chi connectivity index (χ0v) is 15.8. The first-order valence-electron chi connectivity index (χ1n) is 9.86. The summed E-state index contributed by atoms with van der Waals surface area (Å²) in [6, 6.07) is 2.71. The second-order valence-electron chi connectivity index (χ2n) is 7.65. The summed E-state index contributed by atoms with van der Waals surface area (Å²) in [6.07, 6.45) is 12.4. The van der Waals surface area contributed by atoms with Gasteiger partial charge in [-0.25, -0.2) is 4.79 Å². The molecule has 144 valence electrons. The van der Waals surface area contributed by atoms with Crippen molar-refractivity contribution in [3.8, 4) is 0 Å². The molecular weight excluding hydrogens is 342 g/mol. The summed E-state index contributed by atoms with van der Waals surface area (Å²) >= 11 is 0. The third kappa shape index (κ3) is 3.69. The topological polar surface area (TPSA) is 83.3 Å². The van der Waals surface area contributed by atoms with Gasteiger partial charge in [0.05, 0.1) is 41.1 Å². The summed E-state index contributed by atoms with van der Waals surface area (Å²) in [5, 5.41) is 17.2. The van der Waals surface area contributed by atoms with Crippen molar-refractivity contribution in [1.82, 2.24) is 19.7 Å². The normalized spacial score (nSPS) is 21.4. The quantitative estimate of drug-likeness (QED) is 0.838. The van der Waals surface area contributed by atoms with Crippen molar-refractivity contribution in [1.29, 1.82) is 0 Å². The van der Waals surface area contributed by atoms with Gasteiger partial charge in [-0.15, -0.1) is 0 Å². The molecule has 1 aliphatic carbocycles. The second kappa shape index (κ2) is 7.68. The first-order valence-corrected chi connectivity index (χ1v) is 9.86. The van der Waals surface area contributed by atoms with E-state index < -0.39 is 5.97 Å². The molecule has 1 unspecified atom stereocenters. The highest BCUT2D eigenvalue weighted by molar-refractivity contribution is 5.94. The molecule has 7 heteroatoms. The number of nitrogens with one attached hydrogen (secondary N) is 1. The molecule has 3 heterocycles. The standard InChI is InChI=1S/C20H27N5O2/c1-14-18(23-19-12-21-9-7-17(19)20(26)27)13-22-25(14)16-6-3-10-24(11-8-16)15-4-2-5-15/h7,9,12-13,15-16,23H,2-6,8,10-11H2,1H3,(H,26,27). The average molecular weight is 369 g/mol. The number of hydrogen-bond acceptors (Lipinski definition) is 5. The van der Waals surface area contributed by atoms with E-state index in [0.29, 0.717) is 11.7 Å². The van der Waals surface area contributed by atoms with Gasteiger partial charge in [0.25, 0.3) is 0 Å². The second-order valence-corrected chi connectivity index (χ2v) is 7.65. The molecule has 1 saturated carbocycles. The summed E-state index contributed by atoms with van der Waals surface area (Å²) in [5.41, 5.74) is 2.58. The van der Waals surface area contributed by atoms with Gasteiger partial charge in [0.15, 0.2) is 0 Å². The Morgan fingerprint density at radius 1 is 1.11 bits per heavy atom. The Bertz CT molecular complexity index is 814. The minimum absolute atomic E-state index is 0.211. The summed E-state index contributed by atoms with van der Waals surface area (Å²) in [5.74, 6) is -0.968. The van der Waals surface area contributed by atoms with E-state index in [-0.39, 0.29) is 5.56 Å². The molecule has 4 rings (SSSR count). The van der Waals surface area contributed by atoms with Crippen LogP contribution in [0.2, 0.25) is 0 Å². The smallest absolute Gasteiger partial charge is 0.337 e. The fourth-order valence-electron chi connectivity index (χ4n) is 4.20. The number of rotatable bonds is 5. The molecule has 1 aliphatic heterocycles. The SMILES string of the molecule is Cc1c(Nc2cnccc2C(=O)O)cnn1C1CCCN(C2CCC2)CC1. The summed E-state index contributed by atoms with van der Waals surface area (Å²) in [6.45, 7) is 4.38. The maximum absolute atomic E-state index is 11.4. The first-order chi connectivity index (χ1) is 13.1. The monoisotopic (exact) mass is 369 g/mol. The van der Waals surface area contributed by atoms with Gasteiger partial charge in [-0.2, -0.15) is 5.10 Å². The lowest BCUT2D eigenvalue weighted by Gasteiger charge is -2.36. The van der Waals surface area contributed by atoms with Crippen LogP contribution >= 0.6 is 0 Å². The lowest BCUT2D eigenvalue weighted by molar-refractivity contribution is 0.0698. The predicted octanol–water partition coefficient (Wildman–Crippen LogP) is 3.61. The van der Waals surface area contributed by atoms with Gasteiger partial charge in [-0.1, -0.05) is 6.42 Å². The lowest BCUT2D eigenvalue weighted by Crippen LogP contribution is -2.40. The number of carbonyl (C=O) groups is 1. The number of carboxylic acids is 1. The summed E-state index contributed by atoms with van der Waals surface area (Å²) in [4.78, 5) is 18.1. The molecule has 1 atom stereocenters. The molecule has 7 nitrogen and oxygen atoms in total. The molecule has 0 amide bonds. The number of carboxylic acid groups (broad SMARTS) is 1. The Morgan fingerprint density at radius 2 is 1.93 bits per heavy atom. The molecule has 2 aromatic rings. The number of nitrogens with zero attached hydrogens (tertiary/aromatic N) is 4. The number of likely N-dealkylation sites (tertiary alicyclic amines) is 1. The van der Waals surface area contributed by atoms with Gasteiger partial charge in [0.1, 0.15) is 0 Å². The predicted molar refractivity (Wildman–Crippen MR) is 104 cm³/mol. The van der Waals surface area contributed by atoms with E-state index in [1.54, 1.807) is 12.4 Å². The van der Waals surface area contributed by atoms with Crippen LogP contribution in [0, 0.1) is 6.92 Å². The van der Waals surface area contributed by atoms with Crippen LogP contribution < -0.4 is 5.32 Å². The Balaban J connectivity index is 1.48. The van der Waals surface area contributed by atoms with E-state index in [2.05, 4.69) is 25.0 Å². The maximum Gasteiger partial charge on any atom is 0.337 e. The number of anilines is 2. The third-order valence-corrected chi connectivity index (χ3v) is 6.03. The highest BCUT2D eigenvalue weighted by Crippen LogP contribution is 2.32. The van der Waals surface area contributed by atoms with E-state index in [1.807, 2.05) is 6.92 Å². The van der Waals surface area contributed by atoms with Crippen LogP contribution in [0.3, 0.4) is 0 Å².